The maximum atomic E-state index is 13.1. The monoisotopic (exact) mass is 437 g/mol. The van der Waals surface area contributed by atoms with Crippen molar-refractivity contribution in [3.63, 3.8) is 0 Å². The number of hydrogen-bond acceptors (Lipinski definition) is 4. The van der Waals surface area contributed by atoms with Crippen LogP contribution in [0.2, 0.25) is 0 Å². The molecule has 1 atom stereocenters. The quantitative estimate of drug-likeness (QED) is 0.412. The van der Waals surface area contributed by atoms with Crippen molar-refractivity contribution in [2.75, 3.05) is 11.9 Å². The molecule has 1 aliphatic rings. The first-order valence-corrected chi connectivity index (χ1v) is 11.0. The Kier molecular flexibility index (Phi) is 5.83. The zero-order valence-electron chi connectivity index (χ0n) is 18.0. The molecule has 33 heavy (non-hydrogen) atoms. The molecule has 0 spiro atoms. The largest absolute Gasteiger partial charge is 0.368 e. The highest BCUT2D eigenvalue weighted by molar-refractivity contribution is 6.11. The van der Waals surface area contributed by atoms with Gasteiger partial charge >= 0.3 is 0 Å². The highest BCUT2D eigenvalue weighted by atomic mass is 16.5. The normalized spacial score (nSPS) is 15.8. The SMILES string of the molecule is O=C(c1cccc(NC(=O)C2CCCO2)c1)c1ccc2c(/C=C/c3ccccc3)n[nH]c2c1. The van der Waals surface area contributed by atoms with Gasteiger partial charge in [-0.25, -0.2) is 0 Å². The van der Waals surface area contributed by atoms with Crippen LogP contribution in [0.5, 0.6) is 0 Å². The number of hydrogen-bond donors (Lipinski definition) is 2. The summed E-state index contributed by atoms with van der Waals surface area (Å²) >= 11 is 0. The molecule has 0 aliphatic carbocycles. The van der Waals surface area contributed by atoms with Crippen molar-refractivity contribution in [2.45, 2.75) is 18.9 Å². The first-order valence-electron chi connectivity index (χ1n) is 11.0. The summed E-state index contributed by atoms with van der Waals surface area (Å²) in [4.78, 5) is 25.4. The molecule has 1 unspecified atom stereocenters. The fraction of sp³-hybridized carbons (Fsp3) is 0.148. The van der Waals surface area contributed by atoms with E-state index in [1.165, 1.54) is 0 Å². The van der Waals surface area contributed by atoms with Crippen molar-refractivity contribution < 1.29 is 14.3 Å². The number of rotatable bonds is 6. The minimum Gasteiger partial charge on any atom is -0.368 e. The lowest BCUT2D eigenvalue weighted by atomic mass is 10.0. The molecule has 6 heteroatoms. The molecular formula is C27H23N3O3. The van der Waals surface area contributed by atoms with Crippen LogP contribution in [0.4, 0.5) is 5.69 Å². The van der Waals surface area contributed by atoms with Gasteiger partial charge in [-0.2, -0.15) is 5.10 Å². The van der Waals surface area contributed by atoms with Crippen LogP contribution in [-0.2, 0) is 9.53 Å². The second kappa shape index (κ2) is 9.22. The molecule has 1 aromatic heterocycles. The van der Waals surface area contributed by atoms with Crippen molar-refractivity contribution in [1.29, 1.82) is 0 Å². The molecule has 0 radical (unpaired) electrons. The van der Waals surface area contributed by atoms with E-state index in [-0.39, 0.29) is 11.7 Å². The Morgan fingerprint density at radius 1 is 0.970 bits per heavy atom. The highest BCUT2D eigenvalue weighted by Gasteiger charge is 2.23. The number of ether oxygens (including phenoxy) is 1. The third kappa shape index (κ3) is 4.61. The van der Waals surface area contributed by atoms with Gasteiger partial charge in [-0.3, -0.25) is 14.7 Å². The van der Waals surface area contributed by atoms with Crippen molar-refractivity contribution in [2.24, 2.45) is 0 Å². The van der Waals surface area contributed by atoms with Gasteiger partial charge in [0.2, 0.25) is 0 Å². The fourth-order valence-corrected chi connectivity index (χ4v) is 3.96. The van der Waals surface area contributed by atoms with Gasteiger partial charge in [0, 0.05) is 28.8 Å². The predicted molar refractivity (Wildman–Crippen MR) is 129 cm³/mol. The van der Waals surface area contributed by atoms with Crippen molar-refractivity contribution >= 4 is 40.4 Å². The third-order valence-electron chi connectivity index (χ3n) is 5.70. The highest BCUT2D eigenvalue weighted by Crippen LogP contribution is 2.23. The molecule has 164 valence electrons. The van der Waals surface area contributed by atoms with Gasteiger partial charge in [-0.15, -0.1) is 0 Å². The second-order valence-electron chi connectivity index (χ2n) is 8.01. The van der Waals surface area contributed by atoms with E-state index in [1.807, 2.05) is 54.6 Å². The minimum absolute atomic E-state index is 0.124. The molecule has 4 aromatic rings. The van der Waals surface area contributed by atoms with E-state index in [9.17, 15) is 9.59 Å². The van der Waals surface area contributed by atoms with Crippen LogP contribution < -0.4 is 5.32 Å². The molecule has 6 nitrogen and oxygen atoms in total. The third-order valence-corrected chi connectivity index (χ3v) is 5.70. The molecule has 1 aliphatic heterocycles. The van der Waals surface area contributed by atoms with Crippen molar-refractivity contribution in [1.82, 2.24) is 10.2 Å². The number of benzene rings is 3. The lowest BCUT2D eigenvalue weighted by Gasteiger charge is -2.11. The van der Waals surface area contributed by atoms with E-state index in [2.05, 4.69) is 15.5 Å². The number of aromatic nitrogens is 2. The molecule has 1 amide bonds. The molecule has 0 bridgehead atoms. The van der Waals surface area contributed by atoms with Gasteiger partial charge in [0.15, 0.2) is 5.78 Å². The number of carbonyl (C=O) groups excluding carboxylic acids is 2. The van der Waals surface area contributed by atoms with Crippen LogP contribution in [-0.4, -0.2) is 34.6 Å². The Morgan fingerprint density at radius 2 is 1.82 bits per heavy atom. The lowest BCUT2D eigenvalue weighted by molar-refractivity contribution is -0.124. The molecule has 5 rings (SSSR count). The van der Waals surface area contributed by atoms with E-state index in [0.717, 1.165) is 35.0 Å². The minimum atomic E-state index is -0.419. The predicted octanol–water partition coefficient (Wildman–Crippen LogP) is 5.08. The summed E-state index contributed by atoms with van der Waals surface area (Å²) in [5, 5.41) is 11.2. The number of H-pyrrole nitrogens is 1. The number of fused-ring (bicyclic) bond motifs is 1. The Balaban J connectivity index is 1.34. The summed E-state index contributed by atoms with van der Waals surface area (Å²) in [5.74, 6) is -0.298. The number of carbonyl (C=O) groups is 2. The van der Waals surface area contributed by atoms with Crippen LogP contribution in [0.3, 0.4) is 0 Å². The van der Waals surface area contributed by atoms with Crippen LogP contribution in [0, 0.1) is 0 Å². The van der Waals surface area contributed by atoms with Crippen LogP contribution in [0.15, 0.2) is 72.8 Å². The number of nitrogens with one attached hydrogen (secondary N) is 2. The number of nitrogens with zero attached hydrogens (tertiary/aromatic N) is 1. The van der Waals surface area contributed by atoms with Gasteiger partial charge in [-0.05, 0) is 48.7 Å². The number of aromatic amines is 1. The van der Waals surface area contributed by atoms with Crippen molar-refractivity contribution in [3.05, 3.63) is 95.2 Å². The maximum Gasteiger partial charge on any atom is 0.253 e. The topological polar surface area (TPSA) is 84.1 Å². The molecule has 2 heterocycles. The van der Waals surface area contributed by atoms with Crippen LogP contribution in [0.25, 0.3) is 23.1 Å². The summed E-state index contributed by atoms with van der Waals surface area (Å²) < 4.78 is 5.43. The van der Waals surface area contributed by atoms with E-state index in [4.69, 9.17) is 4.74 Å². The summed E-state index contributed by atoms with van der Waals surface area (Å²) in [5.41, 5.74) is 4.32. The fourth-order valence-electron chi connectivity index (χ4n) is 3.96. The zero-order chi connectivity index (χ0) is 22.6. The number of amides is 1. The summed E-state index contributed by atoms with van der Waals surface area (Å²) in [7, 11) is 0. The van der Waals surface area contributed by atoms with Crippen LogP contribution >= 0.6 is 0 Å². The van der Waals surface area contributed by atoms with E-state index in [1.54, 1.807) is 30.3 Å². The van der Waals surface area contributed by atoms with Gasteiger partial charge in [0.05, 0.1) is 11.2 Å². The Bertz CT molecular complexity index is 1340. The molecule has 2 N–H and O–H groups in total. The summed E-state index contributed by atoms with van der Waals surface area (Å²) in [6.45, 7) is 0.608. The van der Waals surface area contributed by atoms with E-state index >= 15 is 0 Å². The first kappa shape index (κ1) is 20.8. The standard InChI is InChI=1S/C27H23N3O3/c31-26(19-8-4-9-21(16-19)28-27(32)25-10-5-15-33-25)20-12-13-22-23(29-30-24(22)17-20)14-11-18-6-2-1-3-7-18/h1-4,6-9,11-14,16-17,25H,5,10,15H2,(H,28,32)(H,29,30)/b14-11+. The summed E-state index contributed by atoms with van der Waals surface area (Å²) in [6.07, 6.45) is 5.14. The lowest BCUT2D eigenvalue weighted by Crippen LogP contribution is -2.26. The van der Waals surface area contributed by atoms with Crippen LogP contribution in [0.1, 0.15) is 40.0 Å². The number of ketones is 1. The smallest absolute Gasteiger partial charge is 0.253 e. The van der Waals surface area contributed by atoms with E-state index < -0.39 is 6.10 Å². The average Bonchev–Trinajstić information content (AvgIpc) is 3.53. The Morgan fingerprint density at radius 3 is 2.64 bits per heavy atom. The van der Waals surface area contributed by atoms with E-state index in [0.29, 0.717) is 23.4 Å². The average molecular weight is 437 g/mol. The van der Waals surface area contributed by atoms with Gasteiger partial charge < -0.3 is 10.1 Å². The second-order valence-corrected chi connectivity index (χ2v) is 8.01. The molecule has 1 fully saturated rings. The zero-order valence-corrected chi connectivity index (χ0v) is 18.0. The Hall–Kier alpha value is -4.03. The number of anilines is 1. The Labute approximate surface area is 191 Å². The molecule has 3 aromatic carbocycles. The van der Waals surface area contributed by atoms with Gasteiger partial charge in [0.1, 0.15) is 6.10 Å². The van der Waals surface area contributed by atoms with Crippen molar-refractivity contribution in [3.8, 4) is 0 Å². The van der Waals surface area contributed by atoms with Gasteiger partial charge in [0.25, 0.3) is 5.91 Å². The first-order chi connectivity index (χ1) is 16.2. The molecule has 0 saturated carbocycles. The maximum absolute atomic E-state index is 13.1. The molecular weight excluding hydrogens is 414 g/mol. The molecule has 1 saturated heterocycles. The summed E-state index contributed by atoms with van der Waals surface area (Å²) in [6, 6.07) is 22.5. The van der Waals surface area contributed by atoms with Gasteiger partial charge in [-0.1, -0.05) is 54.6 Å².